The standard InChI is InChI=1S/C54H102N18O12S/c1-33(2)44(52(82)70-41(32-85)53(83)84)71-50(80)39(20-8-13-28-59)67-46(76)36(17-5-10-25-56)66-49(79)40(21-14-29-63-54(60)61)68-47(77)37(18-6-11-26-57)64-45(75)35(16-4-9-24-55)65-48(78)38(19-7-12-27-58)69-51(81)42-22-15-31-72(42)43(74)23-30-62-34(3)73/h33,35-42,44,85H,4-32,55-59H2,1-3H3,(H,62,73)(H,64,75)(H,65,78)(H,66,79)(H,67,76)(H,68,77)(H,69,81)(H,70,82)(H,71,80)(H,83,84)(H4,60,61,63)/t35-,36-,37-,38-,39-,40-,41-,42-,44-/m0/s1. The fraction of sp³-hybridized carbons (Fsp3) is 0.778. The van der Waals surface area contributed by atoms with Crippen LogP contribution in [0.2, 0.25) is 0 Å². The number of carboxylic acid groups (broad SMARTS) is 1. The van der Waals surface area contributed by atoms with Crippen molar-refractivity contribution in [3.63, 3.8) is 0 Å². The predicted octanol–water partition coefficient (Wildman–Crippen LogP) is -4.25. The van der Waals surface area contributed by atoms with Crippen molar-refractivity contribution < 1.29 is 57.8 Å². The van der Waals surface area contributed by atoms with Crippen molar-refractivity contribution in [2.45, 2.75) is 204 Å². The molecule has 30 nitrogen and oxygen atoms in total. The Hall–Kier alpha value is -6.41. The average Bonchev–Trinajstić information content (AvgIpc) is 4.25. The molecule has 0 aromatic carbocycles. The molecule has 0 aromatic rings. The van der Waals surface area contributed by atoms with E-state index in [-0.39, 0.29) is 114 Å². The lowest BCUT2D eigenvalue weighted by atomic mass is 10.0. The van der Waals surface area contributed by atoms with Crippen LogP contribution in [-0.2, 0) is 52.7 Å². The van der Waals surface area contributed by atoms with Gasteiger partial charge < -0.3 is 98.0 Å². The zero-order valence-corrected chi connectivity index (χ0v) is 51.0. The number of amides is 10. The Kier molecular flexibility index (Phi) is 39.7. The molecular formula is C54H102N18O12S. The van der Waals surface area contributed by atoms with Gasteiger partial charge in [-0.15, -0.1) is 0 Å². The Bertz CT molecular complexity index is 2140. The van der Waals surface area contributed by atoms with Crippen LogP contribution >= 0.6 is 12.6 Å². The van der Waals surface area contributed by atoms with Crippen molar-refractivity contribution in [2.75, 3.05) is 58.1 Å². The van der Waals surface area contributed by atoms with Gasteiger partial charge in [-0.05, 0) is 161 Å². The van der Waals surface area contributed by atoms with Gasteiger partial charge in [-0.25, -0.2) is 4.79 Å². The van der Waals surface area contributed by atoms with Crippen molar-refractivity contribution in [1.82, 2.24) is 52.8 Å². The van der Waals surface area contributed by atoms with Gasteiger partial charge in [0.1, 0.15) is 54.4 Å². The first kappa shape index (κ1) is 76.6. The van der Waals surface area contributed by atoms with Gasteiger partial charge in [-0.2, -0.15) is 12.6 Å². The third-order valence-corrected chi connectivity index (χ3v) is 14.5. The number of guanidine groups is 1. The van der Waals surface area contributed by atoms with Crippen molar-refractivity contribution in [3.8, 4) is 0 Å². The molecule has 1 rings (SSSR count). The molecule has 31 heteroatoms. The zero-order valence-electron chi connectivity index (χ0n) is 50.1. The second-order valence-electron chi connectivity index (χ2n) is 21.5. The summed E-state index contributed by atoms with van der Waals surface area (Å²) in [6, 6.07) is -11.1. The van der Waals surface area contributed by atoms with Crippen LogP contribution in [-0.4, -0.2) is 193 Å². The lowest BCUT2D eigenvalue weighted by molar-refractivity contribution is -0.142. The molecule has 1 fully saturated rings. The van der Waals surface area contributed by atoms with Crippen molar-refractivity contribution in [2.24, 2.45) is 51.0 Å². The average molecular weight is 1230 g/mol. The van der Waals surface area contributed by atoms with Gasteiger partial charge in [0.25, 0.3) is 0 Å². The predicted molar refractivity (Wildman–Crippen MR) is 324 cm³/mol. The highest BCUT2D eigenvalue weighted by molar-refractivity contribution is 7.80. The van der Waals surface area contributed by atoms with Crippen molar-refractivity contribution in [3.05, 3.63) is 0 Å². The van der Waals surface area contributed by atoms with E-state index in [9.17, 15) is 57.8 Å². The number of carbonyl (C=O) groups excluding carboxylic acids is 10. The Morgan fingerprint density at radius 2 is 0.871 bits per heavy atom. The molecule has 1 aliphatic rings. The number of hydrogen-bond donors (Lipinski definition) is 18. The largest absolute Gasteiger partial charge is 0.480 e. The monoisotopic (exact) mass is 1230 g/mol. The molecule has 0 saturated carbocycles. The zero-order chi connectivity index (χ0) is 63.9. The minimum Gasteiger partial charge on any atom is -0.480 e. The second-order valence-corrected chi connectivity index (χ2v) is 21.9. The fourth-order valence-electron chi connectivity index (χ4n) is 9.27. The molecule has 0 unspecified atom stereocenters. The van der Waals surface area contributed by atoms with Crippen molar-refractivity contribution in [1.29, 1.82) is 0 Å². The van der Waals surface area contributed by atoms with Gasteiger partial charge in [0.2, 0.25) is 59.1 Å². The van der Waals surface area contributed by atoms with E-state index in [1.807, 2.05) is 0 Å². The highest BCUT2D eigenvalue weighted by Gasteiger charge is 2.38. The van der Waals surface area contributed by atoms with Crippen LogP contribution in [0.5, 0.6) is 0 Å². The number of thiol groups is 1. The third-order valence-electron chi connectivity index (χ3n) is 14.1. The summed E-state index contributed by atoms with van der Waals surface area (Å²) in [5, 5.41) is 33.6. The van der Waals surface area contributed by atoms with Crippen LogP contribution in [0.25, 0.3) is 0 Å². The first-order valence-corrected chi connectivity index (χ1v) is 30.5. The molecule has 0 bridgehead atoms. The highest BCUT2D eigenvalue weighted by atomic mass is 32.1. The Balaban J connectivity index is 3.64. The number of carbonyl (C=O) groups is 11. The maximum Gasteiger partial charge on any atom is 0.327 e. The Labute approximate surface area is 505 Å². The highest BCUT2D eigenvalue weighted by Crippen LogP contribution is 2.20. The summed E-state index contributed by atoms with van der Waals surface area (Å²) in [7, 11) is 0. The molecule has 1 saturated heterocycles. The van der Waals surface area contributed by atoms with E-state index >= 15 is 0 Å². The molecule has 0 spiro atoms. The summed E-state index contributed by atoms with van der Waals surface area (Å²) in [5.41, 5.74) is 40.2. The van der Waals surface area contributed by atoms with Crippen LogP contribution in [0.15, 0.2) is 4.99 Å². The molecule has 9 atom stereocenters. The molecular weight excluding hydrogens is 1120 g/mol. The van der Waals surface area contributed by atoms with Crippen LogP contribution in [0.4, 0.5) is 0 Å². The number of nitrogens with two attached hydrogens (primary N) is 7. The second kappa shape index (κ2) is 44.1. The number of rotatable bonds is 46. The SMILES string of the molecule is CC(=O)NCCC(=O)N1CCC[C@H]1C(=O)N[C@@H](CCCCN)C(=O)N[C@@H](CCCCN)C(=O)N[C@@H](CCCCN)C(=O)N[C@@H](CCCN=C(N)N)C(=O)N[C@@H](CCCCN)C(=O)N[C@@H](CCCCN)C(=O)N[C@H](C(=O)N[C@@H](CS)C(=O)O)C(C)C. The first-order chi connectivity index (χ1) is 40.5. The molecule has 85 heavy (non-hydrogen) atoms. The van der Waals surface area contributed by atoms with E-state index in [2.05, 4.69) is 65.5 Å². The van der Waals surface area contributed by atoms with Gasteiger partial charge in [0, 0.05) is 38.7 Å². The van der Waals surface area contributed by atoms with Crippen LogP contribution < -0.4 is 88.0 Å². The Morgan fingerprint density at radius 3 is 1.20 bits per heavy atom. The Morgan fingerprint density at radius 1 is 0.518 bits per heavy atom. The summed E-state index contributed by atoms with van der Waals surface area (Å²) in [4.78, 5) is 155. The van der Waals surface area contributed by atoms with Crippen molar-refractivity contribution >= 4 is 83.6 Å². The smallest absolute Gasteiger partial charge is 0.327 e. The molecule has 0 aromatic heterocycles. The topological polar surface area (TPSA) is 514 Å². The fourth-order valence-corrected chi connectivity index (χ4v) is 9.52. The molecule has 1 heterocycles. The number of carboxylic acids is 1. The first-order valence-electron chi connectivity index (χ1n) is 29.9. The lowest BCUT2D eigenvalue weighted by Crippen LogP contribution is -2.60. The van der Waals surface area contributed by atoms with Gasteiger partial charge in [0.05, 0.1) is 0 Å². The quantitative estimate of drug-likeness (QED) is 0.0119. The number of hydrogen-bond acceptors (Lipinski definition) is 18. The van der Waals surface area contributed by atoms with Crippen LogP contribution in [0.3, 0.4) is 0 Å². The normalized spacial score (nSPS) is 15.7. The molecule has 1 aliphatic heterocycles. The van der Waals surface area contributed by atoms with Gasteiger partial charge in [-0.1, -0.05) is 13.8 Å². The summed E-state index contributed by atoms with van der Waals surface area (Å²) < 4.78 is 0. The minimum atomic E-state index is -1.37. The molecule has 486 valence electrons. The summed E-state index contributed by atoms with van der Waals surface area (Å²) in [5.74, 6) is -8.90. The lowest BCUT2D eigenvalue weighted by Gasteiger charge is -2.29. The van der Waals surface area contributed by atoms with Gasteiger partial charge in [-0.3, -0.25) is 52.9 Å². The molecule has 24 N–H and O–H groups in total. The van der Waals surface area contributed by atoms with E-state index in [1.165, 1.54) is 11.8 Å². The molecule has 10 amide bonds. The summed E-state index contributed by atoms with van der Waals surface area (Å²) >= 11 is 4.01. The third kappa shape index (κ3) is 31.0. The van der Waals surface area contributed by atoms with Crippen LogP contribution in [0.1, 0.15) is 149 Å². The van der Waals surface area contributed by atoms with E-state index < -0.39 is 114 Å². The van der Waals surface area contributed by atoms with Crippen LogP contribution in [0, 0.1) is 5.92 Å². The van der Waals surface area contributed by atoms with Gasteiger partial charge >= 0.3 is 5.97 Å². The van der Waals surface area contributed by atoms with E-state index in [0.29, 0.717) is 90.1 Å². The van der Waals surface area contributed by atoms with Gasteiger partial charge in [0.15, 0.2) is 5.96 Å². The number of aliphatic carboxylic acids is 1. The maximum absolute atomic E-state index is 14.5. The van der Waals surface area contributed by atoms with E-state index in [0.717, 1.165) is 0 Å². The number of aliphatic imine (C=N–C) groups is 1. The molecule has 0 aliphatic carbocycles. The number of nitrogens with one attached hydrogen (secondary N) is 9. The molecule has 0 radical (unpaired) electrons. The van der Waals surface area contributed by atoms with E-state index in [4.69, 9.17) is 40.1 Å². The summed E-state index contributed by atoms with van der Waals surface area (Å²) in [6.45, 7) is 6.38. The number of unbranched alkanes of at least 4 members (excludes halogenated alkanes) is 5. The number of likely N-dealkylation sites (tertiary alicyclic amines) is 1. The summed E-state index contributed by atoms with van der Waals surface area (Å²) in [6.07, 6.45) is 5.46. The number of nitrogens with zero attached hydrogens (tertiary/aromatic N) is 2. The van der Waals surface area contributed by atoms with E-state index in [1.54, 1.807) is 13.8 Å². The maximum atomic E-state index is 14.5. The minimum absolute atomic E-state index is 0.0271.